The first kappa shape index (κ1) is 12.3. The van der Waals surface area contributed by atoms with Crippen LogP contribution in [0.5, 0.6) is 5.75 Å². The molecule has 1 fully saturated rings. The molecular weight excluding hydrogens is 218 g/mol. The van der Waals surface area contributed by atoms with Crippen molar-refractivity contribution in [2.24, 2.45) is 0 Å². The third kappa shape index (κ3) is 3.97. The summed E-state index contributed by atoms with van der Waals surface area (Å²) in [5.74, 6) is 0.787. The van der Waals surface area contributed by atoms with Gasteiger partial charge in [-0.2, -0.15) is 0 Å². The number of ether oxygens (including phenoxy) is 1. The van der Waals surface area contributed by atoms with E-state index in [0.29, 0.717) is 19.1 Å². The quantitative estimate of drug-likeness (QED) is 0.823. The Hall–Kier alpha value is -1.16. The van der Waals surface area contributed by atoms with Gasteiger partial charge in [0.1, 0.15) is 12.4 Å². The summed E-state index contributed by atoms with van der Waals surface area (Å²) in [6.07, 6.45) is 7.17. The lowest BCUT2D eigenvalue weighted by Gasteiger charge is -2.12. The molecule has 0 unspecified atom stereocenters. The topological polar surface area (TPSA) is 34.1 Å². The maximum atomic E-state index is 12.1. The Morgan fingerprint density at radius 3 is 3.18 bits per heavy atom. The Bertz CT molecular complexity index is 340. The van der Waals surface area contributed by atoms with Crippen molar-refractivity contribution in [1.82, 2.24) is 10.3 Å². The van der Waals surface area contributed by atoms with Gasteiger partial charge in [-0.1, -0.05) is 0 Å². The molecule has 2 heterocycles. The monoisotopic (exact) mass is 237 g/mol. The molecule has 94 valence electrons. The van der Waals surface area contributed by atoms with Crippen LogP contribution in [0.15, 0.2) is 18.5 Å². The second-order valence-corrected chi connectivity index (χ2v) is 4.43. The van der Waals surface area contributed by atoms with E-state index in [1.54, 1.807) is 12.4 Å². The van der Waals surface area contributed by atoms with Crippen LogP contribution in [0.25, 0.3) is 0 Å². The summed E-state index contributed by atoms with van der Waals surface area (Å²) in [6, 6.07) is 2.42. The highest BCUT2D eigenvalue weighted by Gasteiger charge is 2.14. The number of rotatable bonds is 6. The SMILES string of the molecule is [18F]CCCc1cncc(OC[C@H]2CCCN2)c1. The van der Waals surface area contributed by atoms with Gasteiger partial charge < -0.3 is 10.1 Å². The van der Waals surface area contributed by atoms with Crippen LogP contribution in [-0.2, 0) is 6.42 Å². The van der Waals surface area contributed by atoms with E-state index in [0.717, 1.165) is 24.3 Å². The third-order valence-electron chi connectivity index (χ3n) is 2.98. The Morgan fingerprint density at radius 2 is 2.41 bits per heavy atom. The van der Waals surface area contributed by atoms with Gasteiger partial charge >= 0.3 is 0 Å². The van der Waals surface area contributed by atoms with Crippen molar-refractivity contribution in [2.45, 2.75) is 31.7 Å². The van der Waals surface area contributed by atoms with E-state index in [4.69, 9.17) is 4.74 Å². The second-order valence-electron chi connectivity index (χ2n) is 4.43. The minimum Gasteiger partial charge on any atom is -0.490 e. The fraction of sp³-hybridized carbons (Fsp3) is 0.615. The summed E-state index contributed by atoms with van der Waals surface area (Å²) in [5.41, 5.74) is 1.04. The lowest BCUT2D eigenvalue weighted by Crippen LogP contribution is -2.28. The second kappa shape index (κ2) is 6.55. The number of hydrogen-bond acceptors (Lipinski definition) is 3. The Kier molecular flexibility index (Phi) is 4.74. The fourth-order valence-corrected chi connectivity index (χ4v) is 2.05. The first-order valence-electron chi connectivity index (χ1n) is 6.24. The zero-order valence-electron chi connectivity index (χ0n) is 9.99. The minimum atomic E-state index is -0.281. The number of alkyl halides is 1. The minimum absolute atomic E-state index is 0.281. The average molecular weight is 237 g/mol. The molecule has 0 spiro atoms. The number of aromatic nitrogens is 1. The number of hydrogen-bond donors (Lipinski definition) is 1. The van der Waals surface area contributed by atoms with Crippen LogP contribution < -0.4 is 10.1 Å². The van der Waals surface area contributed by atoms with Gasteiger partial charge in [0, 0.05) is 12.2 Å². The molecule has 3 nitrogen and oxygen atoms in total. The van der Waals surface area contributed by atoms with Crippen LogP contribution >= 0.6 is 0 Å². The molecule has 0 radical (unpaired) electrons. The molecule has 1 saturated heterocycles. The Balaban J connectivity index is 1.82. The van der Waals surface area contributed by atoms with Crippen molar-refractivity contribution in [1.29, 1.82) is 0 Å². The van der Waals surface area contributed by atoms with Gasteiger partial charge in [0.05, 0.1) is 12.9 Å². The molecule has 1 aromatic heterocycles. The molecule has 1 aliphatic rings. The highest BCUT2D eigenvalue weighted by atomic mass is 18.2. The van der Waals surface area contributed by atoms with E-state index >= 15 is 0 Å². The molecule has 0 amide bonds. The lowest BCUT2D eigenvalue weighted by atomic mass is 10.2. The molecule has 0 bridgehead atoms. The van der Waals surface area contributed by atoms with Gasteiger partial charge in [0.25, 0.3) is 0 Å². The maximum absolute atomic E-state index is 12.1. The number of nitrogens with one attached hydrogen (secondary N) is 1. The summed E-state index contributed by atoms with van der Waals surface area (Å²) >= 11 is 0. The first-order valence-corrected chi connectivity index (χ1v) is 6.24. The molecule has 1 N–H and O–H groups in total. The highest BCUT2D eigenvalue weighted by molar-refractivity contribution is 5.23. The zero-order chi connectivity index (χ0) is 11.9. The van der Waals surface area contributed by atoms with E-state index in [9.17, 15) is 4.39 Å². The van der Waals surface area contributed by atoms with E-state index < -0.39 is 0 Å². The normalized spacial score (nSPS) is 19.5. The number of nitrogens with zero attached hydrogens (tertiary/aromatic N) is 1. The standard InChI is InChI=1S/C13H19FN2O/c14-5-1-3-11-7-13(9-15-8-11)17-10-12-4-2-6-16-12/h7-9,12,16H,1-6,10H2/t12-/m1/s1/i14-1. The average Bonchev–Trinajstić information content (AvgIpc) is 2.87. The number of aryl methyl sites for hydroxylation is 1. The zero-order valence-corrected chi connectivity index (χ0v) is 9.99. The Labute approximate surface area is 101 Å². The number of halogens is 1. The molecule has 1 aliphatic heterocycles. The molecular formula is C13H19FN2O. The van der Waals surface area contributed by atoms with Crippen LogP contribution in [0.2, 0.25) is 0 Å². The molecule has 0 aromatic carbocycles. The van der Waals surface area contributed by atoms with Crippen LogP contribution in [-0.4, -0.2) is 30.9 Å². The van der Waals surface area contributed by atoms with E-state index in [1.807, 2.05) is 6.07 Å². The first-order chi connectivity index (χ1) is 8.38. The summed E-state index contributed by atoms with van der Waals surface area (Å²) in [4.78, 5) is 4.11. The van der Waals surface area contributed by atoms with Crippen molar-refractivity contribution < 1.29 is 9.13 Å². The van der Waals surface area contributed by atoms with Gasteiger partial charge in [0.2, 0.25) is 0 Å². The third-order valence-corrected chi connectivity index (χ3v) is 2.98. The molecule has 1 aromatic rings. The van der Waals surface area contributed by atoms with E-state index in [-0.39, 0.29) is 6.67 Å². The summed E-state index contributed by atoms with van der Waals surface area (Å²) in [5, 5.41) is 3.38. The summed E-state index contributed by atoms with van der Waals surface area (Å²) in [7, 11) is 0. The Morgan fingerprint density at radius 1 is 1.47 bits per heavy atom. The van der Waals surface area contributed by atoms with Crippen molar-refractivity contribution in [3.8, 4) is 5.75 Å². The van der Waals surface area contributed by atoms with Crippen molar-refractivity contribution >= 4 is 0 Å². The van der Waals surface area contributed by atoms with Crippen molar-refractivity contribution in [2.75, 3.05) is 19.8 Å². The molecule has 2 rings (SSSR count). The highest BCUT2D eigenvalue weighted by Crippen LogP contribution is 2.14. The van der Waals surface area contributed by atoms with Gasteiger partial charge in [-0.25, -0.2) is 0 Å². The molecule has 1 atom stereocenters. The van der Waals surface area contributed by atoms with Crippen molar-refractivity contribution in [3.05, 3.63) is 24.0 Å². The number of pyridine rings is 1. The predicted octanol–water partition coefficient (Wildman–Crippen LogP) is 2.11. The molecule has 0 saturated carbocycles. The smallest absolute Gasteiger partial charge is 0.137 e. The maximum Gasteiger partial charge on any atom is 0.137 e. The fourth-order valence-electron chi connectivity index (χ4n) is 2.05. The molecule has 0 aliphatic carbocycles. The lowest BCUT2D eigenvalue weighted by molar-refractivity contribution is 0.276. The summed E-state index contributed by atoms with van der Waals surface area (Å²) in [6.45, 7) is 1.49. The van der Waals surface area contributed by atoms with Crippen LogP contribution in [0.3, 0.4) is 0 Å². The van der Waals surface area contributed by atoms with E-state index in [2.05, 4.69) is 10.3 Å². The van der Waals surface area contributed by atoms with Gasteiger partial charge in [-0.05, 0) is 43.9 Å². The van der Waals surface area contributed by atoms with Crippen LogP contribution in [0, 0.1) is 0 Å². The van der Waals surface area contributed by atoms with Crippen LogP contribution in [0.1, 0.15) is 24.8 Å². The molecule has 4 heteroatoms. The largest absolute Gasteiger partial charge is 0.490 e. The van der Waals surface area contributed by atoms with E-state index in [1.165, 1.54) is 12.8 Å². The van der Waals surface area contributed by atoms with Gasteiger partial charge in [-0.15, -0.1) is 0 Å². The summed E-state index contributed by atoms with van der Waals surface area (Å²) < 4.78 is 17.8. The van der Waals surface area contributed by atoms with Gasteiger partial charge in [0.15, 0.2) is 0 Å². The van der Waals surface area contributed by atoms with Crippen LogP contribution in [0.4, 0.5) is 4.39 Å². The van der Waals surface area contributed by atoms with Crippen molar-refractivity contribution in [3.63, 3.8) is 0 Å². The predicted molar refractivity (Wildman–Crippen MR) is 65.1 cm³/mol. The molecule has 17 heavy (non-hydrogen) atoms. The van der Waals surface area contributed by atoms with Gasteiger partial charge in [-0.3, -0.25) is 9.37 Å².